The van der Waals surface area contributed by atoms with Crippen molar-refractivity contribution in [3.8, 4) is 5.75 Å². The fourth-order valence-corrected chi connectivity index (χ4v) is 6.98. The molecular formula is C27H29FN2O5. The fourth-order valence-electron chi connectivity index (χ4n) is 6.98. The number of amides is 2. The number of carbonyl (C=O) groups is 3. The molecule has 2 aromatic carbocycles. The first-order valence-electron chi connectivity index (χ1n) is 12.0. The van der Waals surface area contributed by atoms with Gasteiger partial charge in [0.2, 0.25) is 0 Å². The maximum absolute atomic E-state index is 15.1. The molecule has 2 amide bonds. The molecule has 4 fully saturated rings. The van der Waals surface area contributed by atoms with Crippen LogP contribution in [-0.2, 0) is 19.7 Å². The maximum Gasteiger partial charge on any atom is 0.312 e. The third-order valence-electron chi connectivity index (χ3n) is 7.93. The summed E-state index contributed by atoms with van der Waals surface area (Å²) in [5.74, 6) is -0.681. The molecule has 6 rings (SSSR count). The third-order valence-corrected chi connectivity index (χ3v) is 7.93. The van der Waals surface area contributed by atoms with E-state index < -0.39 is 35.2 Å². The highest BCUT2D eigenvalue weighted by Crippen LogP contribution is 2.66. The van der Waals surface area contributed by atoms with E-state index in [4.69, 9.17) is 9.47 Å². The Hall–Kier alpha value is -3.42. The van der Waals surface area contributed by atoms with Gasteiger partial charge in [-0.1, -0.05) is 24.3 Å². The summed E-state index contributed by atoms with van der Waals surface area (Å²) in [4.78, 5) is 37.6. The van der Waals surface area contributed by atoms with Crippen LogP contribution in [0.2, 0.25) is 0 Å². The molecule has 0 aliphatic heterocycles. The van der Waals surface area contributed by atoms with E-state index in [2.05, 4.69) is 10.9 Å². The highest BCUT2D eigenvalue weighted by Gasteiger charge is 2.62. The van der Waals surface area contributed by atoms with Crippen LogP contribution in [0, 0.1) is 23.1 Å². The van der Waals surface area contributed by atoms with Gasteiger partial charge in [-0.05, 0) is 79.5 Å². The van der Waals surface area contributed by atoms with Crippen LogP contribution in [0.4, 0.5) is 4.39 Å². The van der Waals surface area contributed by atoms with Gasteiger partial charge in [0.1, 0.15) is 11.6 Å². The Kier molecular flexibility index (Phi) is 5.99. The second kappa shape index (κ2) is 8.98. The van der Waals surface area contributed by atoms with Gasteiger partial charge < -0.3 is 9.47 Å². The molecule has 8 heteroatoms. The molecule has 7 nitrogen and oxygen atoms in total. The fraction of sp³-hybridized carbons (Fsp3) is 0.444. The van der Waals surface area contributed by atoms with Crippen molar-refractivity contribution in [1.82, 2.24) is 10.9 Å². The van der Waals surface area contributed by atoms with E-state index in [9.17, 15) is 14.4 Å². The van der Waals surface area contributed by atoms with Crippen molar-refractivity contribution < 1.29 is 28.2 Å². The van der Waals surface area contributed by atoms with Crippen LogP contribution in [-0.4, -0.2) is 31.5 Å². The number of hydrazine groups is 1. The summed E-state index contributed by atoms with van der Waals surface area (Å²) in [6.07, 6.45) is 4.67. The van der Waals surface area contributed by atoms with Crippen LogP contribution in [0.25, 0.3) is 0 Å². The van der Waals surface area contributed by atoms with Crippen molar-refractivity contribution in [2.45, 2.75) is 43.9 Å². The van der Waals surface area contributed by atoms with Gasteiger partial charge >= 0.3 is 5.97 Å². The summed E-state index contributed by atoms with van der Waals surface area (Å²) in [5.41, 5.74) is 4.52. The lowest BCUT2D eigenvalue weighted by Gasteiger charge is -2.61. The molecule has 0 heterocycles. The summed E-state index contributed by atoms with van der Waals surface area (Å²) in [5, 5.41) is 0. The zero-order valence-corrected chi connectivity index (χ0v) is 19.6. The average Bonchev–Trinajstić information content (AvgIpc) is 2.85. The van der Waals surface area contributed by atoms with E-state index in [1.165, 1.54) is 13.2 Å². The van der Waals surface area contributed by atoms with Gasteiger partial charge in [0.05, 0.1) is 12.5 Å². The first kappa shape index (κ1) is 23.3. The van der Waals surface area contributed by atoms with Crippen molar-refractivity contribution in [2.75, 3.05) is 13.7 Å². The SMILES string of the molecule is COc1ccc(C23CC4CC(CC(C(=O)OCC(=O)NNC(=O)c5ccccc5)(C4)C2)C3)c(F)c1. The summed E-state index contributed by atoms with van der Waals surface area (Å²) in [7, 11) is 1.51. The standard InChI is InChI=1S/C27H29FN2O5/c1-34-20-7-8-21(22(28)10-20)26-11-17-9-18(12-26)14-27(13-17,16-26)25(33)35-15-23(31)29-30-24(32)19-5-3-2-4-6-19/h2-8,10,17-18H,9,11-16H2,1H3,(H,29,31)(H,30,32). The van der Waals surface area contributed by atoms with Gasteiger partial charge in [-0.25, -0.2) is 4.39 Å². The summed E-state index contributed by atoms with van der Waals surface area (Å²) in [6.45, 7) is -0.491. The summed E-state index contributed by atoms with van der Waals surface area (Å²) in [6, 6.07) is 13.4. The van der Waals surface area contributed by atoms with E-state index >= 15 is 4.39 Å². The molecule has 2 N–H and O–H groups in total. The van der Waals surface area contributed by atoms with Gasteiger partial charge in [-0.3, -0.25) is 25.2 Å². The van der Waals surface area contributed by atoms with E-state index in [1.54, 1.807) is 42.5 Å². The molecule has 0 spiro atoms. The summed E-state index contributed by atoms with van der Waals surface area (Å²) < 4.78 is 25.7. The average molecular weight is 481 g/mol. The number of ether oxygens (including phenoxy) is 2. The smallest absolute Gasteiger partial charge is 0.312 e. The zero-order valence-electron chi connectivity index (χ0n) is 19.6. The van der Waals surface area contributed by atoms with Gasteiger partial charge in [-0.2, -0.15) is 0 Å². The number of methoxy groups -OCH3 is 1. The minimum Gasteiger partial charge on any atom is -0.497 e. The number of esters is 1. The Bertz CT molecular complexity index is 1140. The van der Waals surface area contributed by atoms with Crippen LogP contribution < -0.4 is 15.6 Å². The number of hydrogen-bond acceptors (Lipinski definition) is 5. The molecule has 35 heavy (non-hydrogen) atoms. The quantitative estimate of drug-likeness (QED) is 0.486. The van der Waals surface area contributed by atoms with E-state index in [0.717, 1.165) is 19.3 Å². The lowest BCUT2D eigenvalue weighted by Crippen LogP contribution is -2.57. The van der Waals surface area contributed by atoms with Gasteiger partial charge in [0.25, 0.3) is 11.8 Å². The van der Waals surface area contributed by atoms with Crippen LogP contribution >= 0.6 is 0 Å². The minimum atomic E-state index is -0.718. The van der Waals surface area contributed by atoms with Gasteiger partial charge in [0.15, 0.2) is 6.61 Å². The number of benzene rings is 2. The second-order valence-electron chi connectivity index (χ2n) is 10.3. The van der Waals surface area contributed by atoms with Crippen LogP contribution in [0.15, 0.2) is 48.5 Å². The van der Waals surface area contributed by atoms with Crippen molar-refractivity contribution >= 4 is 17.8 Å². The number of nitrogens with one attached hydrogen (secondary N) is 2. The number of carbonyl (C=O) groups excluding carboxylic acids is 3. The van der Waals surface area contributed by atoms with E-state index in [0.29, 0.717) is 48.0 Å². The molecule has 2 unspecified atom stereocenters. The van der Waals surface area contributed by atoms with E-state index in [1.807, 2.05) is 0 Å². The Balaban J connectivity index is 1.24. The van der Waals surface area contributed by atoms with Crippen molar-refractivity contribution in [2.24, 2.45) is 17.3 Å². The lowest BCUT2D eigenvalue weighted by molar-refractivity contribution is -0.175. The van der Waals surface area contributed by atoms with Crippen molar-refractivity contribution in [3.63, 3.8) is 0 Å². The molecule has 4 bridgehead atoms. The van der Waals surface area contributed by atoms with Crippen molar-refractivity contribution in [3.05, 3.63) is 65.5 Å². The number of hydrogen-bond donors (Lipinski definition) is 2. The first-order valence-corrected chi connectivity index (χ1v) is 12.0. The molecule has 2 atom stereocenters. The summed E-state index contributed by atoms with van der Waals surface area (Å²) >= 11 is 0. The highest BCUT2D eigenvalue weighted by atomic mass is 19.1. The molecular weight excluding hydrogens is 451 g/mol. The Morgan fingerprint density at radius 3 is 2.37 bits per heavy atom. The monoisotopic (exact) mass is 480 g/mol. The molecule has 4 saturated carbocycles. The lowest BCUT2D eigenvalue weighted by atomic mass is 9.43. The first-order chi connectivity index (χ1) is 16.8. The topological polar surface area (TPSA) is 93.7 Å². The second-order valence-corrected chi connectivity index (χ2v) is 10.3. The third kappa shape index (κ3) is 4.37. The van der Waals surface area contributed by atoms with Gasteiger partial charge in [0, 0.05) is 11.6 Å². The van der Waals surface area contributed by atoms with E-state index in [-0.39, 0.29) is 5.82 Å². The predicted octanol–water partition coefficient (Wildman–Crippen LogP) is 3.68. The minimum absolute atomic E-state index is 0.302. The number of halogens is 1. The zero-order chi connectivity index (χ0) is 24.6. The normalized spacial score (nSPS) is 28.3. The predicted molar refractivity (Wildman–Crippen MR) is 125 cm³/mol. The van der Waals surface area contributed by atoms with Crippen LogP contribution in [0.5, 0.6) is 5.75 Å². The Morgan fingerprint density at radius 1 is 1.00 bits per heavy atom. The van der Waals surface area contributed by atoms with Crippen LogP contribution in [0.1, 0.15) is 54.4 Å². The molecule has 0 aromatic heterocycles. The molecule has 0 saturated heterocycles. The molecule has 4 aliphatic rings. The largest absolute Gasteiger partial charge is 0.497 e. The molecule has 0 radical (unpaired) electrons. The van der Waals surface area contributed by atoms with Crippen LogP contribution in [0.3, 0.4) is 0 Å². The van der Waals surface area contributed by atoms with Gasteiger partial charge in [-0.15, -0.1) is 0 Å². The van der Waals surface area contributed by atoms with Crippen molar-refractivity contribution in [1.29, 1.82) is 0 Å². The molecule has 184 valence electrons. The highest BCUT2D eigenvalue weighted by molar-refractivity contribution is 5.95. The molecule has 2 aromatic rings. The molecule has 4 aliphatic carbocycles. The number of rotatable bonds is 6. The Labute approximate surface area is 203 Å². The Morgan fingerprint density at radius 2 is 1.71 bits per heavy atom. The maximum atomic E-state index is 15.1.